The predicted molar refractivity (Wildman–Crippen MR) is 86.9 cm³/mol. The number of hydrogen-bond donors (Lipinski definition) is 1. The highest BCUT2D eigenvalue weighted by atomic mass is 19.4. The number of hydrazone groups is 1. The highest BCUT2D eigenvalue weighted by Crippen LogP contribution is 2.34. The molecule has 0 fully saturated rings. The summed E-state index contributed by atoms with van der Waals surface area (Å²) in [5.41, 5.74) is 0.370. The van der Waals surface area contributed by atoms with Gasteiger partial charge in [-0.05, 0) is 18.2 Å². The van der Waals surface area contributed by atoms with E-state index >= 15 is 0 Å². The van der Waals surface area contributed by atoms with Crippen LogP contribution in [0.5, 0.6) is 11.5 Å². The smallest absolute Gasteiger partial charge is 0.416 e. The predicted octanol–water partition coefficient (Wildman–Crippen LogP) is 4.22. The molecule has 0 radical (unpaired) electrons. The maximum atomic E-state index is 12.8. The summed E-state index contributed by atoms with van der Waals surface area (Å²) in [5.74, 6) is -0.328. The molecule has 11 heteroatoms. The summed E-state index contributed by atoms with van der Waals surface area (Å²) in [6, 6.07) is 10.2. The van der Waals surface area contributed by atoms with Crippen molar-refractivity contribution in [2.45, 2.75) is 6.18 Å². The van der Waals surface area contributed by atoms with Gasteiger partial charge in [-0.2, -0.15) is 28.8 Å². The second-order valence-electron chi connectivity index (χ2n) is 4.90. The van der Waals surface area contributed by atoms with Crippen LogP contribution in [0.4, 0.5) is 24.5 Å². The number of nitrogens with zero attached hydrogens (tertiary/aromatic N) is 4. The summed E-state index contributed by atoms with van der Waals surface area (Å²) in [7, 11) is 0. The van der Waals surface area contributed by atoms with E-state index < -0.39 is 28.1 Å². The SMILES string of the molecule is N#CC(C#N)=NNc1cc(Oc2cccc(C(F)(F)F)c2)cc([N+](=O)[O-])c1. The molecule has 0 aliphatic carbocycles. The Balaban J connectivity index is 2.37. The van der Waals surface area contributed by atoms with Gasteiger partial charge in [0.15, 0.2) is 0 Å². The van der Waals surface area contributed by atoms with Gasteiger partial charge in [0, 0.05) is 12.1 Å². The fourth-order valence-corrected chi connectivity index (χ4v) is 1.88. The number of nitriles is 2. The van der Waals surface area contributed by atoms with Crippen LogP contribution in [0.15, 0.2) is 47.6 Å². The first-order chi connectivity index (χ1) is 12.7. The number of ether oxygens (including phenoxy) is 1. The quantitative estimate of drug-likeness (QED) is 0.474. The van der Waals surface area contributed by atoms with Crippen LogP contribution in [0.25, 0.3) is 0 Å². The zero-order chi connectivity index (χ0) is 20.0. The molecule has 0 aliphatic heterocycles. The van der Waals surface area contributed by atoms with Gasteiger partial charge in [0.05, 0.1) is 22.2 Å². The van der Waals surface area contributed by atoms with Crippen molar-refractivity contribution < 1.29 is 22.8 Å². The van der Waals surface area contributed by atoms with Crippen LogP contribution in [-0.4, -0.2) is 10.6 Å². The molecule has 0 saturated carbocycles. The Labute approximate surface area is 149 Å². The third-order valence-electron chi connectivity index (χ3n) is 3.01. The molecule has 0 heterocycles. The number of hydrogen-bond acceptors (Lipinski definition) is 7. The van der Waals surface area contributed by atoms with E-state index in [1.165, 1.54) is 24.3 Å². The van der Waals surface area contributed by atoms with Gasteiger partial charge in [0.1, 0.15) is 23.6 Å². The fourth-order valence-electron chi connectivity index (χ4n) is 1.88. The van der Waals surface area contributed by atoms with Crippen LogP contribution in [0, 0.1) is 32.8 Å². The number of alkyl halides is 3. The lowest BCUT2D eigenvalue weighted by Crippen LogP contribution is -2.04. The van der Waals surface area contributed by atoms with E-state index in [2.05, 4.69) is 10.5 Å². The Morgan fingerprint density at radius 1 is 1.15 bits per heavy atom. The van der Waals surface area contributed by atoms with Gasteiger partial charge >= 0.3 is 6.18 Å². The van der Waals surface area contributed by atoms with E-state index in [4.69, 9.17) is 15.3 Å². The van der Waals surface area contributed by atoms with Crippen LogP contribution in [0.2, 0.25) is 0 Å². The normalized spacial score (nSPS) is 10.3. The zero-order valence-electron chi connectivity index (χ0n) is 13.2. The van der Waals surface area contributed by atoms with E-state index in [1.807, 2.05) is 0 Å². The topological polar surface area (TPSA) is 124 Å². The zero-order valence-corrected chi connectivity index (χ0v) is 13.2. The third-order valence-corrected chi connectivity index (χ3v) is 3.01. The lowest BCUT2D eigenvalue weighted by molar-refractivity contribution is -0.384. The highest BCUT2D eigenvalue weighted by molar-refractivity contribution is 6.10. The lowest BCUT2D eigenvalue weighted by Gasteiger charge is -2.11. The van der Waals surface area contributed by atoms with Crippen molar-refractivity contribution in [2.24, 2.45) is 5.10 Å². The van der Waals surface area contributed by atoms with Crippen LogP contribution < -0.4 is 10.2 Å². The maximum absolute atomic E-state index is 12.8. The summed E-state index contributed by atoms with van der Waals surface area (Å²) in [5, 5.41) is 31.7. The van der Waals surface area contributed by atoms with Crippen molar-refractivity contribution in [2.75, 3.05) is 5.43 Å². The van der Waals surface area contributed by atoms with Crippen LogP contribution in [-0.2, 0) is 6.18 Å². The molecular formula is C16H8F3N5O3. The van der Waals surface area contributed by atoms with Crippen LogP contribution in [0.3, 0.4) is 0 Å². The molecule has 2 aromatic rings. The maximum Gasteiger partial charge on any atom is 0.416 e. The molecule has 0 aliphatic rings. The monoisotopic (exact) mass is 375 g/mol. The van der Waals surface area contributed by atoms with E-state index in [-0.39, 0.29) is 17.2 Å². The van der Waals surface area contributed by atoms with Gasteiger partial charge in [0.25, 0.3) is 5.69 Å². The molecule has 0 spiro atoms. The number of nitro groups is 1. The minimum Gasteiger partial charge on any atom is -0.457 e. The van der Waals surface area contributed by atoms with E-state index in [0.717, 1.165) is 30.3 Å². The molecule has 0 saturated heterocycles. The second-order valence-corrected chi connectivity index (χ2v) is 4.90. The van der Waals surface area contributed by atoms with Gasteiger partial charge in [0.2, 0.25) is 5.71 Å². The van der Waals surface area contributed by atoms with Gasteiger partial charge in [-0.15, -0.1) is 0 Å². The summed E-state index contributed by atoms with van der Waals surface area (Å²) >= 11 is 0. The molecule has 8 nitrogen and oxygen atoms in total. The van der Waals surface area contributed by atoms with Gasteiger partial charge in [-0.3, -0.25) is 15.5 Å². The molecule has 2 aromatic carbocycles. The van der Waals surface area contributed by atoms with E-state index in [0.29, 0.717) is 0 Å². The first-order valence-corrected chi connectivity index (χ1v) is 7.01. The first-order valence-electron chi connectivity index (χ1n) is 7.01. The van der Waals surface area contributed by atoms with Crippen molar-refractivity contribution >= 4 is 17.1 Å². The fraction of sp³-hybridized carbons (Fsp3) is 0.0625. The molecule has 2 rings (SSSR count). The van der Waals surface area contributed by atoms with Gasteiger partial charge in [-0.25, -0.2) is 0 Å². The largest absolute Gasteiger partial charge is 0.457 e. The Bertz CT molecular complexity index is 974. The molecule has 1 N–H and O–H groups in total. The van der Waals surface area contributed by atoms with Gasteiger partial charge < -0.3 is 4.74 Å². The summed E-state index contributed by atoms with van der Waals surface area (Å²) in [4.78, 5) is 10.3. The molecule has 0 bridgehead atoms. The average Bonchev–Trinajstić information content (AvgIpc) is 2.62. The number of rotatable bonds is 5. The number of nitrogens with one attached hydrogen (secondary N) is 1. The van der Waals surface area contributed by atoms with E-state index in [1.54, 1.807) is 0 Å². The van der Waals surface area contributed by atoms with Crippen LogP contribution >= 0.6 is 0 Å². The molecule has 0 atom stereocenters. The summed E-state index contributed by atoms with van der Waals surface area (Å²) in [6.07, 6.45) is -4.57. The van der Waals surface area contributed by atoms with Gasteiger partial charge in [-0.1, -0.05) is 6.07 Å². The number of benzene rings is 2. The third kappa shape index (κ3) is 5.17. The highest BCUT2D eigenvalue weighted by Gasteiger charge is 2.30. The minimum absolute atomic E-state index is 0.00539. The lowest BCUT2D eigenvalue weighted by atomic mass is 10.2. The van der Waals surface area contributed by atoms with E-state index in [9.17, 15) is 23.3 Å². The van der Waals surface area contributed by atoms with Crippen molar-refractivity contribution in [3.63, 3.8) is 0 Å². The average molecular weight is 375 g/mol. The van der Waals surface area contributed by atoms with Crippen molar-refractivity contribution in [3.05, 3.63) is 58.1 Å². The number of non-ortho nitro benzene ring substituents is 1. The van der Waals surface area contributed by atoms with Crippen LogP contribution in [0.1, 0.15) is 5.56 Å². The molecule has 0 aromatic heterocycles. The Hall–Kier alpha value is -4.12. The molecular weight excluding hydrogens is 367 g/mol. The second kappa shape index (κ2) is 7.84. The standard InChI is InChI=1S/C16H8F3N5O3/c17-16(18,19)10-2-1-3-14(4-10)27-15-6-11(5-13(7-15)24(25)26)22-23-12(8-20)9-21/h1-7,22H. The molecule has 0 unspecified atom stereocenters. The molecule has 0 amide bonds. The summed E-state index contributed by atoms with van der Waals surface area (Å²) in [6.45, 7) is 0. The van der Waals surface area contributed by atoms with Crippen molar-refractivity contribution in [1.29, 1.82) is 10.5 Å². The Morgan fingerprint density at radius 2 is 1.85 bits per heavy atom. The number of anilines is 1. The number of nitro benzene ring substituents is 1. The Kier molecular flexibility index (Phi) is 5.58. The molecule has 27 heavy (non-hydrogen) atoms. The Morgan fingerprint density at radius 3 is 2.44 bits per heavy atom. The summed E-state index contributed by atoms with van der Waals surface area (Å²) < 4.78 is 43.6. The minimum atomic E-state index is -4.57. The van der Waals surface area contributed by atoms with Crippen molar-refractivity contribution in [3.8, 4) is 23.6 Å². The van der Waals surface area contributed by atoms with Crippen molar-refractivity contribution in [1.82, 2.24) is 0 Å². The first kappa shape index (κ1) is 19.2. The molecule has 136 valence electrons. The number of halogens is 3.